The second-order valence-electron chi connectivity index (χ2n) is 5.32. The first-order valence-corrected chi connectivity index (χ1v) is 8.40. The summed E-state index contributed by atoms with van der Waals surface area (Å²) in [4.78, 5) is 18.5. The first kappa shape index (κ1) is 16.3. The molecule has 1 saturated heterocycles. The molecule has 3 rings (SSSR count). The van der Waals surface area contributed by atoms with E-state index in [0.717, 1.165) is 16.9 Å². The Balaban J connectivity index is 1.67. The Hall–Kier alpha value is -2.53. The molecule has 122 valence electrons. The number of thioether (sulfide) groups is 1. The Morgan fingerprint density at radius 1 is 1.12 bits per heavy atom. The first-order chi connectivity index (χ1) is 11.7. The Morgan fingerprint density at radius 2 is 1.83 bits per heavy atom. The molecule has 0 bridgehead atoms. The largest absolute Gasteiger partial charge is 0.489 e. The predicted octanol–water partition coefficient (Wildman–Crippen LogP) is 3.80. The van der Waals surface area contributed by atoms with Gasteiger partial charge in [0.05, 0.1) is 4.91 Å². The summed E-state index contributed by atoms with van der Waals surface area (Å²) in [6.45, 7) is 0.538. The number of likely N-dealkylation sites (N-methyl/N-ethyl adjacent to an activating group) is 1. The second-order valence-corrected chi connectivity index (χ2v) is 6.33. The highest BCUT2D eigenvalue weighted by molar-refractivity contribution is 8.18. The summed E-state index contributed by atoms with van der Waals surface area (Å²) < 4.78 is 5.77. The van der Waals surface area contributed by atoms with Crippen molar-refractivity contribution in [2.45, 2.75) is 6.61 Å². The van der Waals surface area contributed by atoms with E-state index < -0.39 is 0 Å². The average molecular weight is 338 g/mol. The number of aliphatic imine (C=N–C) groups is 1. The third-order valence-electron chi connectivity index (χ3n) is 3.62. The minimum absolute atomic E-state index is 0.0231. The van der Waals surface area contributed by atoms with Crippen LogP contribution in [-0.2, 0) is 11.4 Å². The Labute approximate surface area is 145 Å². The van der Waals surface area contributed by atoms with Crippen molar-refractivity contribution in [1.29, 1.82) is 0 Å². The van der Waals surface area contributed by atoms with Crippen molar-refractivity contribution in [2.75, 3.05) is 14.1 Å². The number of carbonyl (C=O) groups excluding carboxylic acids is 1. The van der Waals surface area contributed by atoms with E-state index in [-0.39, 0.29) is 5.91 Å². The fourth-order valence-corrected chi connectivity index (χ4v) is 3.23. The fraction of sp³-hybridized carbons (Fsp3) is 0.158. The number of amides is 1. The first-order valence-electron chi connectivity index (χ1n) is 7.58. The molecule has 0 saturated carbocycles. The minimum atomic E-state index is -0.0231. The molecule has 5 heteroatoms. The molecule has 0 spiro atoms. The van der Waals surface area contributed by atoms with E-state index >= 15 is 0 Å². The van der Waals surface area contributed by atoms with E-state index in [4.69, 9.17) is 4.74 Å². The third kappa shape index (κ3) is 3.68. The molecule has 24 heavy (non-hydrogen) atoms. The lowest BCUT2D eigenvalue weighted by Gasteiger charge is -2.06. The zero-order chi connectivity index (χ0) is 16.9. The maximum atomic E-state index is 12.1. The second kappa shape index (κ2) is 7.36. The fourth-order valence-electron chi connectivity index (χ4n) is 2.30. The summed E-state index contributed by atoms with van der Waals surface area (Å²) >= 11 is 1.39. The van der Waals surface area contributed by atoms with Gasteiger partial charge in [0.1, 0.15) is 12.4 Å². The summed E-state index contributed by atoms with van der Waals surface area (Å²) in [5.41, 5.74) is 2.09. The SMILES string of the molecule is CN=C1S/C(=C/c2ccc(OCc3ccccc3)cc2)C(=O)N1C. The lowest BCUT2D eigenvalue weighted by Crippen LogP contribution is -2.23. The van der Waals surface area contributed by atoms with Crippen LogP contribution < -0.4 is 4.74 Å². The lowest BCUT2D eigenvalue weighted by atomic mass is 10.2. The highest BCUT2D eigenvalue weighted by atomic mass is 32.2. The number of benzene rings is 2. The Morgan fingerprint density at radius 3 is 2.46 bits per heavy atom. The number of ether oxygens (including phenoxy) is 1. The van der Waals surface area contributed by atoms with Crippen molar-refractivity contribution in [3.05, 3.63) is 70.6 Å². The van der Waals surface area contributed by atoms with Crippen molar-refractivity contribution >= 4 is 28.9 Å². The molecule has 2 aromatic rings. The molecule has 4 nitrogen and oxygen atoms in total. The van der Waals surface area contributed by atoms with Gasteiger partial charge < -0.3 is 4.74 Å². The van der Waals surface area contributed by atoms with Crippen LogP contribution >= 0.6 is 11.8 Å². The highest BCUT2D eigenvalue weighted by Gasteiger charge is 2.29. The van der Waals surface area contributed by atoms with E-state index in [1.165, 1.54) is 11.8 Å². The zero-order valence-corrected chi connectivity index (χ0v) is 14.4. The quantitative estimate of drug-likeness (QED) is 0.796. The molecule has 1 aliphatic heterocycles. The summed E-state index contributed by atoms with van der Waals surface area (Å²) in [6, 6.07) is 17.8. The minimum Gasteiger partial charge on any atom is -0.489 e. The standard InChI is InChI=1S/C19H18N2O2S/c1-20-19-21(2)18(22)17(24-19)12-14-8-10-16(11-9-14)23-13-15-6-4-3-5-7-15/h3-12H,13H2,1-2H3/b17-12+,20-19?. The van der Waals surface area contributed by atoms with Crippen LogP contribution in [0.5, 0.6) is 5.75 Å². The van der Waals surface area contributed by atoms with Gasteiger partial charge in [-0.15, -0.1) is 0 Å². The zero-order valence-electron chi connectivity index (χ0n) is 13.6. The summed E-state index contributed by atoms with van der Waals surface area (Å²) in [5, 5.41) is 0.717. The van der Waals surface area contributed by atoms with Crippen molar-refractivity contribution in [3.63, 3.8) is 0 Å². The van der Waals surface area contributed by atoms with Crippen LogP contribution in [0.25, 0.3) is 6.08 Å². The number of hydrogen-bond donors (Lipinski definition) is 0. The lowest BCUT2D eigenvalue weighted by molar-refractivity contribution is -0.121. The number of hydrogen-bond acceptors (Lipinski definition) is 4. The maximum Gasteiger partial charge on any atom is 0.266 e. The topological polar surface area (TPSA) is 41.9 Å². The molecule has 0 atom stereocenters. The maximum absolute atomic E-state index is 12.1. The summed E-state index contributed by atoms with van der Waals surface area (Å²) in [7, 11) is 3.42. The van der Waals surface area contributed by atoms with Gasteiger partial charge in [0, 0.05) is 14.1 Å². The van der Waals surface area contributed by atoms with Gasteiger partial charge in [0.15, 0.2) is 5.17 Å². The van der Waals surface area contributed by atoms with Crippen molar-refractivity contribution in [3.8, 4) is 5.75 Å². The van der Waals surface area contributed by atoms with E-state index in [0.29, 0.717) is 16.7 Å². The number of carbonyl (C=O) groups is 1. The number of nitrogens with zero attached hydrogens (tertiary/aromatic N) is 2. The van der Waals surface area contributed by atoms with Gasteiger partial charge in [0.2, 0.25) is 0 Å². The van der Waals surface area contributed by atoms with Crippen LogP contribution in [0, 0.1) is 0 Å². The van der Waals surface area contributed by atoms with Crippen LogP contribution in [0.4, 0.5) is 0 Å². The van der Waals surface area contributed by atoms with Gasteiger partial charge in [-0.05, 0) is 41.1 Å². The third-order valence-corrected chi connectivity index (χ3v) is 4.77. The van der Waals surface area contributed by atoms with E-state index in [1.807, 2.05) is 60.7 Å². The van der Waals surface area contributed by atoms with E-state index in [1.54, 1.807) is 19.0 Å². The van der Waals surface area contributed by atoms with Crippen LogP contribution in [0.1, 0.15) is 11.1 Å². The van der Waals surface area contributed by atoms with Gasteiger partial charge in [-0.3, -0.25) is 14.7 Å². The number of rotatable bonds is 4. The highest BCUT2D eigenvalue weighted by Crippen LogP contribution is 2.31. The molecule has 0 unspecified atom stereocenters. The molecule has 1 amide bonds. The van der Waals surface area contributed by atoms with Crippen LogP contribution in [0.2, 0.25) is 0 Å². The van der Waals surface area contributed by atoms with Gasteiger partial charge in [0.25, 0.3) is 5.91 Å². The van der Waals surface area contributed by atoms with Crippen LogP contribution in [0.15, 0.2) is 64.5 Å². The van der Waals surface area contributed by atoms with E-state index in [9.17, 15) is 4.79 Å². The van der Waals surface area contributed by atoms with Gasteiger partial charge in [-0.1, -0.05) is 42.5 Å². The van der Waals surface area contributed by atoms with Crippen LogP contribution in [-0.4, -0.2) is 30.1 Å². The van der Waals surface area contributed by atoms with E-state index in [2.05, 4.69) is 4.99 Å². The molecule has 0 aliphatic carbocycles. The molecule has 2 aromatic carbocycles. The predicted molar refractivity (Wildman–Crippen MR) is 98.9 cm³/mol. The average Bonchev–Trinajstić information content (AvgIpc) is 2.90. The molecule has 1 aliphatic rings. The molecule has 1 fully saturated rings. The molecular weight excluding hydrogens is 320 g/mol. The van der Waals surface area contributed by atoms with Crippen molar-refractivity contribution < 1.29 is 9.53 Å². The summed E-state index contributed by atoms with van der Waals surface area (Å²) in [6.07, 6.45) is 1.88. The molecular formula is C19H18N2O2S. The normalized spacial score (nSPS) is 17.8. The Kier molecular flexibility index (Phi) is 5.01. The van der Waals surface area contributed by atoms with Gasteiger partial charge in [-0.2, -0.15) is 0 Å². The monoisotopic (exact) mass is 338 g/mol. The van der Waals surface area contributed by atoms with Crippen molar-refractivity contribution in [1.82, 2.24) is 4.90 Å². The molecule has 0 radical (unpaired) electrons. The van der Waals surface area contributed by atoms with Gasteiger partial charge >= 0.3 is 0 Å². The smallest absolute Gasteiger partial charge is 0.266 e. The van der Waals surface area contributed by atoms with Gasteiger partial charge in [-0.25, -0.2) is 0 Å². The Bertz CT molecular complexity index is 783. The summed E-state index contributed by atoms with van der Waals surface area (Å²) in [5.74, 6) is 0.782. The molecule has 0 N–H and O–H groups in total. The number of amidine groups is 1. The molecule has 1 heterocycles. The molecule has 0 aromatic heterocycles. The van der Waals surface area contributed by atoms with Crippen molar-refractivity contribution in [2.24, 2.45) is 4.99 Å². The van der Waals surface area contributed by atoms with Crippen LogP contribution in [0.3, 0.4) is 0 Å².